The largest absolute Gasteiger partial charge is 0.396 e. The van der Waals surface area contributed by atoms with Gasteiger partial charge in [-0.15, -0.1) is 0 Å². The van der Waals surface area contributed by atoms with Crippen molar-refractivity contribution in [2.75, 3.05) is 38.7 Å². The van der Waals surface area contributed by atoms with Crippen molar-refractivity contribution in [3.05, 3.63) is 72.9 Å². The smallest absolute Gasteiger partial charge is 0.210 e. The number of hydrogen-bond acceptors (Lipinski definition) is 9. The molecule has 5 rings (SSSR count). The van der Waals surface area contributed by atoms with E-state index >= 15 is 0 Å². The van der Waals surface area contributed by atoms with Gasteiger partial charge in [0.15, 0.2) is 19.6 Å². The molecule has 5 unspecified atom stereocenters. The number of hydrogen-bond donors (Lipinski definition) is 8. The second-order valence-electron chi connectivity index (χ2n) is 12.5. The summed E-state index contributed by atoms with van der Waals surface area (Å²) in [5, 5.41) is 30.2. The molecule has 59 heavy (non-hydrogen) atoms. The Hall–Kier alpha value is 2.11. The quantitative estimate of drug-likeness (QED) is 0.0480. The van der Waals surface area contributed by atoms with Crippen LogP contribution < -0.4 is 0 Å². The highest BCUT2D eigenvalue weighted by Crippen LogP contribution is 2.33. The second-order valence-corrected chi connectivity index (χ2v) is 17.7. The maximum Gasteiger partial charge on any atom is 0.210 e. The summed E-state index contributed by atoms with van der Waals surface area (Å²) < 4.78 is 52.0. The van der Waals surface area contributed by atoms with Crippen LogP contribution in [0.1, 0.15) is 85.5 Å². The minimum atomic E-state index is -0.771. The molecular weight excluding hydrogens is 1100 g/mol. The molecule has 5 aliphatic rings. The summed E-state index contributed by atoms with van der Waals surface area (Å²) in [6.45, 7) is 6.77. The number of rotatable bonds is 10. The van der Waals surface area contributed by atoms with Gasteiger partial charge < -0.3 is 25.5 Å². The van der Waals surface area contributed by atoms with E-state index in [4.69, 9.17) is 31.9 Å². The van der Waals surface area contributed by atoms with E-state index in [2.05, 4.69) is 155 Å². The predicted molar refractivity (Wildman–Crippen MR) is 308 cm³/mol. The van der Waals surface area contributed by atoms with Gasteiger partial charge in [0, 0.05) is 82.8 Å². The van der Waals surface area contributed by atoms with Crippen molar-refractivity contribution >= 4 is 147 Å². The Morgan fingerprint density at radius 3 is 1.42 bits per heavy atom. The molecule has 0 spiro atoms. The maximum absolute atomic E-state index is 8.66. The highest BCUT2D eigenvalue weighted by molar-refractivity contribution is 9.93. The van der Waals surface area contributed by atoms with E-state index in [1.807, 2.05) is 30.4 Å². The Bertz CT molecular complexity index is 1150. The van der Waals surface area contributed by atoms with Gasteiger partial charge in [0.2, 0.25) is 4.29 Å². The number of aliphatic hydroxyl groups is 5. The van der Waals surface area contributed by atoms with E-state index in [1.54, 1.807) is 20.5 Å². The molecule has 0 aromatic heterocycles. The minimum Gasteiger partial charge on any atom is -0.396 e. The third-order valence-corrected chi connectivity index (χ3v) is 11.3. The average molecular weight is 1190 g/mol. The molecular formula is C41H83B4Br4ClO5S4. The second kappa shape index (κ2) is 66.7. The molecule has 5 nitrogen and oxygen atoms in total. The van der Waals surface area contributed by atoms with Gasteiger partial charge in [-0.25, -0.2) is 37.4 Å². The van der Waals surface area contributed by atoms with Crippen LogP contribution in [-0.4, -0.2) is 112 Å². The van der Waals surface area contributed by atoms with Crippen LogP contribution in [0.5, 0.6) is 0 Å². The molecule has 7 atom stereocenters. The summed E-state index contributed by atoms with van der Waals surface area (Å²) >= 11 is 23.6. The van der Waals surface area contributed by atoms with Crippen molar-refractivity contribution in [3.63, 3.8) is 0 Å². The predicted octanol–water partition coefficient (Wildman–Crippen LogP) is 11.6. The van der Waals surface area contributed by atoms with Gasteiger partial charge in [-0.3, -0.25) is 0 Å². The highest BCUT2D eigenvalue weighted by atomic mass is 80.9. The first-order valence-electron chi connectivity index (χ1n) is 23.3. The first-order chi connectivity index (χ1) is 30.9. The lowest BCUT2D eigenvalue weighted by Gasteiger charge is -2.28. The molecule has 1 saturated carbocycles. The summed E-state index contributed by atoms with van der Waals surface area (Å²) in [5.41, 5.74) is 0.390. The van der Waals surface area contributed by atoms with E-state index in [-0.39, 0.29) is 41.0 Å². The van der Waals surface area contributed by atoms with Gasteiger partial charge in [0.05, 0.1) is 0 Å². The first kappa shape index (κ1) is 57.2. The Labute approximate surface area is 436 Å². The fourth-order valence-corrected chi connectivity index (χ4v) is 6.14. The summed E-state index contributed by atoms with van der Waals surface area (Å²) in [6, 6.07) is 0. The standard InChI is InChI=1S/C7H12Br2O.2C7H12O.2C7H10O.CH4BClS.3CH5BS.2CH4.Br2/c8-6-2-1-5(4-10)3-7(6)9;4*8-6-7-4-2-1-3-5-7;2-1-4-3;3*1-2-3;;;1-2/h5-7,10H,1-4H2;2*1-2,7-8H,3-6H2;2*1-4,7-8H,5-6H2;1-2H2;3*2-3H,1H3;2*1H4;/t5?,6-,7-;;;;;;;;;;;/m0.........../s1/i10T;8T;;8T;;2TD;3*2D;;;. The molecule has 0 bridgehead atoms. The molecule has 5 N–H and O–H groups in total. The molecule has 18 heteroatoms. The molecule has 5 aliphatic carbocycles. The lowest BCUT2D eigenvalue weighted by atomic mass is 9.90. The van der Waals surface area contributed by atoms with Gasteiger partial charge in [0.1, 0.15) is 7.77 Å². The number of alkyl halides is 2. The van der Waals surface area contributed by atoms with Crippen LogP contribution in [0.15, 0.2) is 72.9 Å². The Morgan fingerprint density at radius 1 is 0.695 bits per heavy atom. The van der Waals surface area contributed by atoms with Gasteiger partial charge in [-0.2, -0.15) is 0 Å². The van der Waals surface area contributed by atoms with Crippen molar-refractivity contribution in [1.29, 1.82) is 11.0 Å². The van der Waals surface area contributed by atoms with E-state index in [0.29, 0.717) is 71.3 Å². The lowest BCUT2D eigenvalue weighted by Crippen LogP contribution is -2.26. The zero-order valence-corrected chi connectivity index (χ0v) is 44.7. The Morgan fingerprint density at radius 2 is 1.14 bits per heavy atom. The van der Waals surface area contributed by atoms with Gasteiger partial charge >= 0.3 is 0 Å². The van der Waals surface area contributed by atoms with E-state index in [9.17, 15) is 0 Å². The number of halogens is 5. The van der Waals surface area contributed by atoms with Crippen molar-refractivity contribution < 1.29 is 25.5 Å². The number of aliphatic hydroxyl groups excluding tert-OH is 5. The zero-order valence-electron chi connectivity index (χ0n) is 42.1. The average Bonchev–Trinajstić information content (AvgIpc) is 3.28. The van der Waals surface area contributed by atoms with Gasteiger partial charge in [0.25, 0.3) is 0 Å². The Balaban J connectivity index is -0.000000122. The van der Waals surface area contributed by atoms with Crippen LogP contribution in [0, 0.1) is 29.6 Å². The molecule has 0 aliphatic heterocycles. The van der Waals surface area contributed by atoms with Crippen LogP contribution in [0.3, 0.4) is 0 Å². The zero-order chi connectivity index (χ0) is 50.7. The number of allylic oxidation sites excluding steroid dienone is 10. The molecule has 348 valence electrons. The van der Waals surface area contributed by atoms with Crippen LogP contribution in [0.25, 0.3) is 0 Å². The molecule has 0 aromatic rings. The summed E-state index contributed by atoms with van der Waals surface area (Å²) in [4.78, 5) is 1.15. The fraction of sp³-hybridized carbons (Fsp3) is 0.707. The minimum absolute atomic E-state index is 0. The van der Waals surface area contributed by atoms with Crippen molar-refractivity contribution in [3.8, 4) is 0 Å². The summed E-state index contributed by atoms with van der Waals surface area (Å²) in [6.07, 6.45) is 37.3. The summed E-state index contributed by atoms with van der Waals surface area (Å²) in [5.74, 6) is 2.53. The van der Waals surface area contributed by atoms with E-state index < -0.39 is 7.77 Å². The Kier molecular flexibility index (Phi) is 64.7. The summed E-state index contributed by atoms with van der Waals surface area (Å²) in [7, 11) is 5.31. The number of thiol groups is 3. The topological polar surface area (TPSA) is 101 Å². The van der Waals surface area contributed by atoms with E-state index in [1.165, 1.54) is 25.7 Å². The van der Waals surface area contributed by atoms with E-state index in [0.717, 1.165) is 55.9 Å². The van der Waals surface area contributed by atoms with Crippen LogP contribution in [0.2, 0.25) is 20.5 Å². The SMILES string of the molecule is BrBr.C.C.OCC1C=CC=CC1.OCC1CC=CCC1.[2H]B(C)S.[2H]B(C)S.[2H]B(C)S.[2H]B([3H])CSCl.[3H]OCC1C=CC=CC1.[3H]OCC1CC=CCC1.[3H]OCC1CC[C@H](Br)[C@@H](Br)C1. The third-order valence-electron chi connectivity index (χ3n) is 7.94. The maximum atomic E-state index is 8.66. The van der Waals surface area contributed by atoms with Crippen molar-refractivity contribution in [2.45, 2.75) is 116 Å². The normalized spacial score (nSPS) is 25.0. The molecule has 0 amide bonds. The van der Waals surface area contributed by atoms with Crippen LogP contribution in [0.4, 0.5) is 0 Å². The van der Waals surface area contributed by atoms with Crippen LogP contribution in [-0.2, 0) is 0 Å². The fourth-order valence-electron chi connectivity index (χ4n) is 4.86. The first-order valence-corrected chi connectivity index (χ1v) is 28.1. The highest BCUT2D eigenvalue weighted by Gasteiger charge is 2.26. The van der Waals surface area contributed by atoms with Crippen molar-refractivity contribution in [1.82, 2.24) is 0 Å². The van der Waals surface area contributed by atoms with Gasteiger partial charge in [-0.1, -0.05) is 151 Å². The third kappa shape index (κ3) is 60.1. The molecule has 0 aromatic carbocycles. The molecule has 0 radical (unpaired) electrons. The molecule has 1 fully saturated rings. The molecule has 0 saturated heterocycles. The monoisotopic (exact) mass is 1190 g/mol. The van der Waals surface area contributed by atoms with Gasteiger partial charge in [-0.05, 0) is 111 Å². The molecule has 0 heterocycles. The van der Waals surface area contributed by atoms with Crippen molar-refractivity contribution in [2.24, 2.45) is 29.6 Å². The van der Waals surface area contributed by atoms with Crippen LogP contribution >= 0.6 is 119 Å². The lowest BCUT2D eigenvalue weighted by molar-refractivity contribution is 0.195.